The molecule has 1 saturated heterocycles. The molecule has 3 heterocycles. The number of amides is 2. The van der Waals surface area contributed by atoms with Gasteiger partial charge in [-0.05, 0) is 49.4 Å². The molecule has 3 rings (SSSR count). The summed E-state index contributed by atoms with van der Waals surface area (Å²) in [6.07, 6.45) is 9.08. The first-order chi connectivity index (χ1) is 12.7. The first-order valence-electron chi connectivity index (χ1n) is 9.42. The Morgan fingerprint density at radius 3 is 2.58 bits per heavy atom. The summed E-state index contributed by atoms with van der Waals surface area (Å²) in [5.41, 5.74) is 0. The van der Waals surface area contributed by atoms with Gasteiger partial charge in [0.2, 0.25) is 5.91 Å². The highest BCUT2D eigenvalue weighted by Crippen LogP contribution is 2.23. The molecule has 0 radical (unpaired) electrons. The van der Waals surface area contributed by atoms with Gasteiger partial charge in [0.25, 0.3) is 5.91 Å². The largest absolute Gasteiger partial charge is 0.459 e. The zero-order valence-electron chi connectivity index (χ0n) is 15.3. The van der Waals surface area contributed by atoms with Gasteiger partial charge in [-0.1, -0.05) is 13.3 Å². The first kappa shape index (κ1) is 18.3. The second-order valence-corrected chi connectivity index (χ2v) is 6.89. The molecule has 0 saturated carbocycles. The van der Waals surface area contributed by atoms with Crippen LogP contribution in [0.1, 0.15) is 49.2 Å². The molecular weight excluding hydrogens is 330 g/mol. The van der Waals surface area contributed by atoms with Crippen molar-refractivity contribution in [1.82, 2.24) is 14.8 Å². The number of likely N-dealkylation sites (tertiary alicyclic amines) is 1. The normalized spacial score (nSPS) is 16.4. The number of rotatable bonds is 7. The predicted molar refractivity (Wildman–Crippen MR) is 98.7 cm³/mol. The zero-order valence-corrected chi connectivity index (χ0v) is 15.3. The van der Waals surface area contributed by atoms with Crippen molar-refractivity contribution >= 4 is 11.8 Å². The van der Waals surface area contributed by atoms with Crippen LogP contribution in [-0.2, 0) is 4.79 Å². The van der Waals surface area contributed by atoms with Gasteiger partial charge >= 0.3 is 0 Å². The summed E-state index contributed by atoms with van der Waals surface area (Å²) in [6.45, 7) is 4.23. The first-order valence-corrected chi connectivity index (χ1v) is 9.42. The van der Waals surface area contributed by atoms with E-state index in [1.54, 1.807) is 12.1 Å². The fourth-order valence-electron chi connectivity index (χ4n) is 3.53. The Morgan fingerprint density at radius 1 is 1.23 bits per heavy atom. The molecule has 1 unspecified atom stereocenters. The van der Waals surface area contributed by atoms with Gasteiger partial charge in [0.05, 0.1) is 6.26 Å². The lowest BCUT2D eigenvalue weighted by molar-refractivity contribution is -0.136. The van der Waals surface area contributed by atoms with E-state index in [9.17, 15) is 9.59 Å². The number of carbonyl (C=O) groups is 2. The molecule has 1 fully saturated rings. The van der Waals surface area contributed by atoms with Crippen LogP contribution in [0.5, 0.6) is 0 Å². The molecule has 0 aromatic carbocycles. The Hall–Kier alpha value is -2.50. The van der Waals surface area contributed by atoms with Crippen LogP contribution in [0.2, 0.25) is 0 Å². The lowest BCUT2D eigenvalue weighted by Gasteiger charge is -2.34. The number of aromatic nitrogens is 1. The minimum atomic E-state index is -0.177. The SMILES string of the molecule is CCCC(C(=O)N1CCC(CNC(=O)c2ccco2)CC1)n1cccc1. The number of carbonyl (C=O) groups excluding carboxylic acids is 2. The standard InChI is InChI=1S/C20H27N3O3/c1-2-6-17(22-10-3-4-11-22)20(25)23-12-8-16(9-13-23)15-21-19(24)18-7-5-14-26-18/h3-5,7,10-11,14,16-17H,2,6,8-9,12-13,15H2,1H3,(H,21,24). The van der Waals surface area contributed by atoms with Gasteiger partial charge in [0, 0.05) is 32.0 Å². The summed E-state index contributed by atoms with van der Waals surface area (Å²) in [6, 6.07) is 7.18. The molecule has 2 aromatic heterocycles. The topological polar surface area (TPSA) is 67.5 Å². The third-order valence-corrected chi connectivity index (χ3v) is 5.06. The number of nitrogens with one attached hydrogen (secondary N) is 1. The highest BCUT2D eigenvalue weighted by Gasteiger charge is 2.28. The molecule has 1 atom stereocenters. The number of piperidine rings is 1. The third-order valence-electron chi connectivity index (χ3n) is 5.06. The summed E-state index contributed by atoms with van der Waals surface area (Å²) in [7, 11) is 0. The molecule has 2 aromatic rings. The maximum atomic E-state index is 12.9. The van der Waals surface area contributed by atoms with Crippen LogP contribution in [0.3, 0.4) is 0 Å². The minimum Gasteiger partial charge on any atom is -0.459 e. The molecule has 1 aliphatic rings. The monoisotopic (exact) mass is 357 g/mol. The Labute approximate surface area is 154 Å². The van der Waals surface area contributed by atoms with Crippen molar-refractivity contribution in [3.05, 3.63) is 48.7 Å². The molecular formula is C20H27N3O3. The molecule has 0 aliphatic carbocycles. The van der Waals surface area contributed by atoms with Crippen molar-refractivity contribution in [3.8, 4) is 0 Å². The van der Waals surface area contributed by atoms with Crippen molar-refractivity contribution in [1.29, 1.82) is 0 Å². The van der Waals surface area contributed by atoms with E-state index in [0.29, 0.717) is 18.2 Å². The molecule has 140 valence electrons. The van der Waals surface area contributed by atoms with Crippen LogP contribution in [0, 0.1) is 5.92 Å². The summed E-state index contributed by atoms with van der Waals surface area (Å²) in [4.78, 5) is 26.9. The molecule has 1 N–H and O–H groups in total. The van der Waals surface area contributed by atoms with Gasteiger partial charge in [0.1, 0.15) is 6.04 Å². The van der Waals surface area contributed by atoms with Crippen molar-refractivity contribution in [3.63, 3.8) is 0 Å². The quantitative estimate of drug-likeness (QED) is 0.828. The van der Waals surface area contributed by atoms with Gasteiger partial charge in [-0.2, -0.15) is 0 Å². The number of hydrogen-bond acceptors (Lipinski definition) is 3. The number of hydrogen-bond donors (Lipinski definition) is 1. The number of nitrogens with zero attached hydrogens (tertiary/aromatic N) is 2. The number of furan rings is 1. The fourth-order valence-corrected chi connectivity index (χ4v) is 3.53. The molecule has 6 heteroatoms. The van der Waals surface area contributed by atoms with Gasteiger partial charge < -0.3 is 19.2 Å². The van der Waals surface area contributed by atoms with E-state index < -0.39 is 0 Å². The Bertz CT molecular complexity index is 686. The van der Waals surface area contributed by atoms with Crippen molar-refractivity contribution in [2.24, 2.45) is 5.92 Å². The highest BCUT2D eigenvalue weighted by atomic mass is 16.3. The maximum absolute atomic E-state index is 12.9. The smallest absolute Gasteiger partial charge is 0.286 e. The molecule has 26 heavy (non-hydrogen) atoms. The average molecular weight is 357 g/mol. The van der Waals surface area contributed by atoms with Crippen molar-refractivity contribution < 1.29 is 14.0 Å². The summed E-state index contributed by atoms with van der Waals surface area (Å²) in [5.74, 6) is 0.770. The second kappa shape index (κ2) is 8.74. The third kappa shape index (κ3) is 4.36. The maximum Gasteiger partial charge on any atom is 0.286 e. The van der Waals surface area contributed by atoms with Gasteiger partial charge in [-0.15, -0.1) is 0 Å². The molecule has 6 nitrogen and oxygen atoms in total. The van der Waals surface area contributed by atoms with E-state index in [1.165, 1.54) is 6.26 Å². The van der Waals surface area contributed by atoms with E-state index in [0.717, 1.165) is 38.8 Å². The molecule has 0 bridgehead atoms. The van der Waals surface area contributed by atoms with Gasteiger partial charge in [-0.25, -0.2) is 0 Å². The van der Waals surface area contributed by atoms with Crippen LogP contribution in [-0.4, -0.2) is 40.9 Å². The second-order valence-electron chi connectivity index (χ2n) is 6.89. The van der Waals surface area contributed by atoms with Crippen LogP contribution >= 0.6 is 0 Å². The lowest BCUT2D eigenvalue weighted by Crippen LogP contribution is -2.44. The fraction of sp³-hybridized carbons (Fsp3) is 0.500. The molecule has 1 aliphatic heterocycles. The predicted octanol–water partition coefficient (Wildman–Crippen LogP) is 3.09. The molecule has 0 spiro atoms. The minimum absolute atomic E-state index is 0.106. The lowest BCUT2D eigenvalue weighted by atomic mass is 9.96. The van der Waals surface area contributed by atoms with E-state index in [2.05, 4.69) is 12.2 Å². The molecule has 2 amide bonds. The van der Waals surface area contributed by atoms with Crippen molar-refractivity contribution in [2.45, 2.75) is 38.6 Å². The van der Waals surface area contributed by atoms with Crippen LogP contribution in [0.25, 0.3) is 0 Å². The van der Waals surface area contributed by atoms with Gasteiger partial charge in [0.15, 0.2) is 5.76 Å². The highest BCUT2D eigenvalue weighted by molar-refractivity contribution is 5.91. The zero-order chi connectivity index (χ0) is 18.4. The summed E-state index contributed by atoms with van der Waals surface area (Å²) < 4.78 is 7.12. The average Bonchev–Trinajstić information content (AvgIpc) is 3.38. The summed E-state index contributed by atoms with van der Waals surface area (Å²) in [5, 5.41) is 2.92. The van der Waals surface area contributed by atoms with Crippen molar-refractivity contribution in [2.75, 3.05) is 19.6 Å². The van der Waals surface area contributed by atoms with Crippen LogP contribution in [0.15, 0.2) is 47.3 Å². The van der Waals surface area contributed by atoms with Gasteiger partial charge in [-0.3, -0.25) is 9.59 Å². The van der Waals surface area contributed by atoms with E-state index in [1.807, 2.05) is 34.0 Å². The Morgan fingerprint density at radius 2 is 1.96 bits per heavy atom. The van der Waals surface area contributed by atoms with Crippen LogP contribution < -0.4 is 5.32 Å². The van der Waals surface area contributed by atoms with E-state index in [4.69, 9.17) is 4.42 Å². The Balaban J connectivity index is 1.48. The van der Waals surface area contributed by atoms with E-state index in [-0.39, 0.29) is 17.9 Å². The summed E-state index contributed by atoms with van der Waals surface area (Å²) >= 11 is 0. The van der Waals surface area contributed by atoms with Crippen LogP contribution in [0.4, 0.5) is 0 Å². The Kier molecular flexibility index (Phi) is 6.15. The van der Waals surface area contributed by atoms with E-state index >= 15 is 0 Å².